The van der Waals surface area contributed by atoms with Gasteiger partial charge in [0.2, 0.25) is 0 Å². The van der Waals surface area contributed by atoms with Gasteiger partial charge in [0.15, 0.2) is 5.78 Å². The zero-order valence-electron chi connectivity index (χ0n) is 5.11. The third-order valence-corrected chi connectivity index (χ3v) is 1.80. The second kappa shape index (κ2) is 4.82. The SMILES string of the molecule is CC(=N)SCC(=O)CCl. The molecular formula is C5H8ClNOS. The van der Waals surface area contributed by atoms with Crippen molar-refractivity contribution in [3.05, 3.63) is 0 Å². The molecule has 0 aliphatic heterocycles. The second-order valence-electron chi connectivity index (χ2n) is 1.52. The summed E-state index contributed by atoms with van der Waals surface area (Å²) in [5.41, 5.74) is 0. The van der Waals surface area contributed by atoms with Gasteiger partial charge in [-0.3, -0.25) is 10.2 Å². The molecule has 2 nitrogen and oxygen atoms in total. The fourth-order valence-corrected chi connectivity index (χ4v) is 0.913. The molecule has 0 aromatic rings. The molecule has 0 fully saturated rings. The van der Waals surface area contributed by atoms with Crippen LogP contribution in [0.25, 0.3) is 0 Å². The smallest absolute Gasteiger partial charge is 0.157 e. The number of Topliss-reactive ketones (excluding diaryl/α,β-unsaturated/α-hetero) is 1. The summed E-state index contributed by atoms with van der Waals surface area (Å²) in [6.45, 7) is 1.65. The van der Waals surface area contributed by atoms with Crippen LogP contribution in [0.1, 0.15) is 6.92 Å². The lowest BCUT2D eigenvalue weighted by molar-refractivity contribution is -0.114. The molecule has 0 aliphatic carbocycles. The predicted octanol–water partition coefficient (Wildman–Crippen LogP) is 1.52. The number of ketones is 1. The Hall–Kier alpha value is -0.0200. The third kappa shape index (κ3) is 5.86. The van der Waals surface area contributed by atoms with Crippen molar-refractivity contribution in [1.29, 1.82) is 5.41 Å². The summed E-state index contributed by atoms with van der Waals surface area (Å²) in [4.78, 5) is 10.5. The van der Waals surface area contributed by atoms with E-state index >= 15 is 0 Å². The van der Waals surface area contributed by atoms with E-state index < -0.39 is 0 Å². The minimum absolute atomic E-state index is 0.0201. The molecule has 0 heterocycles. The average molecular weight is 166 g/mol. The maximum Gasteiger partial charge on any atom is 0.157 e. The molecule has 0 amide bonds. The molecule has 0 saturated heterocycles. The van der Waals surface area contributed by atoms with Crippen molar-refractivity contribution < 1.29 is 4.79 Å². The predicted molar refractivity (Wildman–Crippen MR) is 41.6 cm³/mol. The third-order valence-electron chi connectivity index (χ3n) is 0.599. The van der Waals surface area contributed by atoms with Crippen LogP contribution < -0.4 is 0 Å². The average Bonchev–Trinajstić information content (AvgIpc) is 1.83. The summed E-state index contributed by atoms with van der Waals surface area (Å²) in [6.07, 6.45) is 0. The number of carbonyl (C=O) groups excluding carboxylic acids is 1. The molecule has 0 bridgehead atoms. The molecule has 9 heavy (non-hydrogen) atoms. The fourth-order valence-electron chi connectivity index (χ4n) is 0.227. The van der Waals surface area contributed by atoms with Gasteiger partial charge in [-0.2, -0.15) is 0 Å². The Morgan fingerprint density at radius 1 is 1.78 bits per heavy atom. The highest BCUT2D eigenvalue weighted by molar-refractivity contribution is 8.14. The second-order valence-corrected chi connectivity index (χ2v) is 2.97. The monoisotopic (exact) mass is 165 g/mol. The van der Waals surface area contributed by atoms with Gasteiger partial charge in [-0.15, -0.1) is 23.4 Å². The maximum absolute atomic E-state index is 10.5. The summed E-state index contributed by atoms with van der Waals surface area (Å²) < 4.78 is 0. The van der Waals surface area contributed by atoms with Crippen LogP contribution in [0, 0.1) is 5.41 Å². The molecule has 0 rings (SSSR count). The van der Waals surface area contributed by atoms with Gasteiger partial charge in [-0.1, -0.05) is 0 Å². The van der Waals surface area contributed by atoms with Crippen molar-refractivity contribution in [2.45, 2.75) is 6.92 Å². The molecule has 1 N–H and O–H groups in total. The van der Waals surface area contributed by atoms with Crippen LogP contribution in [-0.4, -0.2) is 22.5 Å². The summed E-state index contributed by atoms with van der Waals surface area (Å²) in [6, 6.07) is 0. The van der Waals surface area contributed by atoms with Crippen LogP contribution in [0.3, 0.4) is 0 Å². The maximum atomic E-state index is 10.5. The number of halogens is 1. The number of nitrogens with one attached hydrogen (secondary N) is 1. The zero-order valence-corrected chi connectivity index (χ0v) is 6.68. The molecule has 0 radical (unpaired) electrons. The standard InChI is InChI=1S/C5H8ClNOS/c1-4(7)9-3-5(8)2-6/h7H,2-3H2,1H3. The van der Waals surface area contributed by atoms with Gasteiger partial charge in [0.1, 0.15) is 0 Å². The molecule has 0 saturated carbocycles. The van der Waals surface area contributed by atoms with Gasteiger partial charge in [-0.25, -0.2) is 0 Å². The summed E-state index contributed by atoms with van der Waals surface area (Å²) in [7, 11) is 0. The number of thioether (sulfide) groups is 1. The van der Waals surface area contributed by atoms with Crippen LogP contribution in [0.2, 0.25) is 0 Å². The Morgan fingerprint density at radius 2 is 2.33 bits per heavy atom. The van der Waals surface area contributed by atoms with Crippen LogP contribution in [0.5, 0.6) is 0 Å². The molecule has 0 aliphatic rings. The molecule has 0 atom stereocenters. The van der Waals surface area contributed by atoms with E-state index in [-0.39, 0.29) is 11.7 Å². The number of hydrogen-bond acceptors (Lipinski definition) is 3. The van der Waals surface area contributed by atoms with E-state index in [1.54, 1.807) is 6.92 Å². The molecule has 0 aromatic carbocycles. The molecule has 0 aromatic heterocycles. The van der Waals surface area contributed by atoms with Gasteiger partial charge >= 0.3 is 0 Å². The first kappa shape index (κ1) is 8.98. The largest absolute Gasteiger partial charge is 0.299 e. The molecule has 0 unspecified atom stereocenters. The van der Waals surface area contributed by atoms with Crippen molar-refractivity contribution in [2.75, 3.05) is 11.6 Å². The van der Waals surface area contributed by atoms with Crippen molar-refractivity contribution >= 4 is 34.2 Å². The Morgan fingerprint density at radius 3 is 2.67 bits per heavy atom. The molecule has 4 heteroatoms. The number of rotatable bonds is 3. The Balaban J connectivity index is 3.28. The number of alkyl halides is 1. The van der Waals surface area contributed by atoms with E-state index in [1.165, 1.54) is 11.8 Å². The first-order valence-electron chi connectivity index (χ1n) is 2.42. The highest BCUT2D eigenvalue weighted by Gasteiger charge is 1.98. The van der Waals surface area contributed by atoms with Gasteiger partial charge in [0.05, 0.1) is 16.7 Å². The molecular weight excluding hydrogens is 158 g/mol. The highest BCUT2D eigenvalue weighted by atomic mass is 35.5. The van der Waals surface area contributed by atoms with Crippen molar-refractivity contribution in [3.63, 3.8) is 0 Å². The first-order valence-corrected chi connectivity index (χ1v) is 3.94. The van der Waals surface area contributed by atoms with E-state index in [9.17, 15) is 4.79 Å². The lowest BCUT2D eigenvalue weighted by Gasteiger charge is -1.92. The van der Waals surface area contributed by atoms with Crippen molar-refractivity contribution in [1.82, 2.24) is 0 Å². The Bertz CT molecular complexity index is 126. The van der Waals surface area contributed by atoms with E-state index in [1.807, 2.05) is 0 Å². The lowest BCUT2D eigenvalue weighted by atomic mass is 10.5. The van der Waals surface area contributed by atoms with Gasteiger partial charge < -0.3 is 0 Å². The summed E-state index contributed by atoms with van der Waals surface area (Å²) in [5.74, 6) is 0.368. The zero-order chi connectivity index (χ0) is 7.28. The van der Waals surface area contributed by atoms with Gasteiger partial charge in [0.25, 0.3) is 0 Å². The normalized spacial score (nSPS) is 9.11. The summed E-state index contributed by atoms with van der Waals surface area (Å²) in [5, 5.41) is 7.38. The Labute approximate surface area is 63.5 Å². The quantitative estimate of drug-likeness (QED) is 0.392. The lowest BCUT2D eigenvalue weighted by Crippen LogP contribution is -2.03. The van der Waals surface area contributed by atoms with E-state index in [2.05, 4.69) is 0 Å². The Kier molecular flexibility index (Phi) is 4.81. The van der Waals surface area contributed by atoms with Crippen molar-refractivity contribution in [3.8, 4) is 0 Å². The van der Waals surface area contributed by atoms with Gasteiger partial charge in [0, 0.05) is 0 Å². The fraction of sp³-hybridized carbons (Fsp3) is 0.600. The van der Waals surface area contributed by atoms with Crippen LogP contribution >= 0.6 is 23.4 Å². The first-order chi connectivity index (χ1) is 4.16. The minimum Gasteiger partial charge on any atom is -0.299 e. The number of carbonyl (C=O) groups is 1. The molecule has 0 spiro atoms. The number of hydrogen-bond donors (Lipinski definition) is 1. The van der Waals surface area contributed by atoms with E-state index in [0.29, 0.717) is 10.8 Å². The van der Waals surface area contributed by atoms with Gasteiger partial charge in [-0.05, 0) is 6.92 Å². The van der Waals surface area contributed by atoms with Crippen LogP contribution in [0.15, 0.2) is 0 Å². The molecule has 52 valence electrons. The highest BCUT2D eigenvalue weighted by Crippen LogP contribution is 2.01. The van der Waals surface area contributed by atoms with Crippen LogP contribution in [-0.2, 0) is 4.79 Å². The topological polar surface area (TPSA) is 40.9 Å². The van der Waals surface area contributed by atoms with Crippen molar-refractivity contribution in [2.24, 2.45) is 0 Å². The van der Waals surface area contributed by atoms with Crippen LogP contribution in [0.4, 0.5) is 0 Å². The minimum atomic E-state index is -0.0201. The summed E-state index contributed by atoms with van der Waals surface area (Å²) >= 11 is 6.42. The van der Waals surface area contributed by atoms with E-state index in [4.69, 9.17) is 17.0 Å². The van der Waals surface area contributed by atoms with E-state index in [0.717, 1.165) is 0 Å².